The highest BCUT2D eigenvalue weighted by molar-refractivity contribution is 5.82. The summed E-state index contributed by atoms with van der Waals surface area (Å²) in [7, 11) is 1.73. The minimum atomic E-state index is -0.642. The van der Waals surface area contributed by atoms with Gasteiger partial charge in [-0.05, 0) is 31.5 Å². The van der Waals surface area contributed by atoms with Crippen LogP contribution in [0, 0.1) is 13.8 Å². The van der Waals surface area contributed by atoms with Crippen molar-refractivity contribution < 1.29 is 9.21 Å². The lowest BCUT2D eigenvalue weighted by Crippen LogP contribution is -2.35. The molecule has 2 rings (SSSR count). The van der Waals surface area contributed by atoms with Gasteiger partial charge >= 0.3 is 0 Å². The zero-order chi connectivity index (χ0) is 14.7. The molecule has 1 aromatic carbocycles. The Labute approximate surface area is 119 Å². The molecule has 0 bridgehead atoms. The van der Waals surface area contributed by atoms with E-state index in [1.165, 1.54) is 0 Å². The lowest BCUT2D eigenvalue weighted by molar-refractivity contribution is -0.132. The van der Waals surface area contributed by atoms with Crippen molar-refractivity contribution in [2.45, 2.75) is 26.4 Å². The summed E-state index contributed by atoms with van der Waals surface area (Å²) in [5, 5.41) is 0. The third-order valence-corrected chi connectivity index (χ3v) is 3.27. The van der Waals surface area contributed by atoms with Crippen molar-refractivity contribution in [3.63, 3.8) is 0 Å². The summed E-state index contributed by atoms with van der Waals surface area (Å²) in [4.78, 5) is 13.9. The number of carbonyl (C=O) groups is 1. The van der Waals surface area contributed by atoms with E-state index in [0.717, 1.165) is 22.6 Å². The lowest BCUT2D eigenvalue weighted by atomic mass is 10.0. The number of furan rings is 1. The molecule has 0 fully saturated rings. The number of carbonyl (C=O) groups excluding carboxylic acids is 1. The molecule has 2 aromatic rings. The van der Waals surface area contributed by atoms with E-state index in [1.807, 2.05) is 50.2 Å². The van der Waals surface area contributed by atoms with Crippen LogP contribution in [0.2, 0.25) is 0 Å². The Morgan fingerprint density at radius 3 is 2.40 bits per heavy atom. The molecular weight excluding hydrogens is 252 g/mol. The van der Waals surface area contributed by atoms with Gasteiger partial charge in [0.15, 0.2) is 0 Å². The third kappa shape index (κ3) is 3.27. The summed E-state index contributed by atoms with van der Waals surface area (Å²) >= 11 is 0. The van der Waals surface area contributed by atoms with E-state index < -0.39 is 6.04 Å². The highest BCUT2D eigenvalue weighted by atomic mass is 16.3. The smallest absolute Gasteiger partial charge is 0.244 e. The van der Waals surface area contributed by atoms with Crippen molar-refractivity contribution in [2.24, 2.45) is 5.73 Å². The van der Waals surface area contributed by atoms with Crippen LogP contribution in [0.3, 0.4) is 0 Å². The molecule has 1 unspecified atom stereocenters. The number of rotatable bonds is 4. The van der Waals surface area contributed by atoms with E-state index >= 15 is 0 Å². The highest BCUT2D eigenvalue weighted by Crippen LogP contribution is 2.16. The first kappa shape index (κ1) is 14.3. The molecular formula is C16H20N2O2. The van der Waals surface area contributed by atoms with Gasteiger partial charge < -0.3 is 15.1 Å². The predicted molar refractivity (Wildman–Crippen MR) is 78.0 cm³/mol. The minimum absolute atomic E-state index is 0.122. The standard InChI is InChI=1S/C16H20N2O2/c1-11-4-7-13(8-5-11)15(17)16(19)18(3)10-14-9-6-12(2)20-14/h4-9,15H,10,17H2,1-3H3. The largest absolute Gasteiger partial charge is 0.464 e. The van der Waals surface area contributed by atoms with Gasteiger partial charge in [0.2, 0.25) is 5.91 Å². The molecule has 0 aliphatic carbocycles. The molecule has 0 aliphatic rings. The molecule has 1 atom stereocenters. The van der Waals surface area contributed by atoms with Gasteiger partial charge in [-0.15, -0.1) is 0 Å². The molecule has 4 nitrogen and oxygen atoms in total. The zero-order valence-corrected chi connectivity index (χ0v) is 12.1. The third-order valence-electron chi connectivity index (χ3n) is 3.27. The summed E-state index contributed by atoms with van der Waals surface area (Å²) in [5.41, 5.74) is 7.99. The van der Waals surface area contributed by atoms with Crippen molar-refractivity contribution in [1.82, 2.24) is 4.90 Å². The minimum Gasteiger partial charge on any atom is -0.464 e. The van der Waals surface area contributed by atoms with Crippen molar-refractivity contribution in [1.29, 1.82) is 0 Å². The van der Waals surface area contributed by atoms with Crippen LogP contribution >= 0.6 is 0 Å². The first-order valence-electron chi connectivity index (χ1n) is 6.60. The molecule has 20 heavy (non-hydrogen) atoms. The monoisotopic (exact) mass is 272 g/mol. The van der Waals surface area contributed by atoms with E-state index in [4.69, 9.17) is 10.2 Å². The lowest BCUT2D eigenvalue weighted by Gasteiger charge is -2.20. The van der Waals surface area contributed by atoms with Crippen molar-refractivity contribution in [3.8, 4) is 0 Å². The Morgan fingerprint density at radius 2 is 1.85 bits per heavy atom. The zero-order valence-electron chi connectivity index (χ0n) is 12.1. The Hall–Kier alpha value is -2.07. The second-order valence-electron chi connectivity index (χ2n) is 5.10. The van der Waals surface area contributed by atoms with Crippen LogP contribution in [0.25, 0.3) is 0 Å². The molecule has 1 amide bonds. The number of hydrogen-bond donors (Lipinski definition) is 1. The first-order chi connectivity index (χ1) is 9.47. The molecule has 1 heterocycles. The van der Waals surface area contributed by atoms with Gasteiger partial charge in [0.05, 0.1) is 6.54 Å². The maximum Gasteiger partial charge on any atom is 0.244 e. The summed E-state index contributed by atoms with van der Waals surface area (Å²) in [6, 6.07) is 10.8. The fourth-order valence-corrected chi connectivity index (χ4v) is 2.04. The van der Waals surface area contributed by atoms with E-state index in [-0.39, 0.29) is 5.91 Å². The van der Waals surface area contributed by atoms with Gasteiger partial charge in [-0.2, -0.15) is 0 Å². The van der Waals surface area contributed by atoms with Crippen LogP contribution in [-0.4, -0.2) is 17.9 Å². The quantitative estimate of drug-likeness (QED) is 0.930. The van der Waals surface area contributed by atoms with E-state index in [0.29, 0.717) is 6.54 Å². The van der Waals surface area contributed by atoms with Gasteiger partial charge in [0, 0.05) is 7.05 Å². The summed E-state index contributed by atoms with van der Waals surface area (Å²) < 4.78 is 5.47. The normalized spacial score (nSPS) is 12.2. The van der Waals surface area contributed by atoms with Crippen LogP contribution in [0.4, 0.5) is 0 Å². The Bertz CT molecular complexity index is 587. The van der Waals surface area contributed by atoms with Crippen LogP contribution in [0.15, 0.2) is 40.8 Å². The van der Waals surface area contributed by atoms with Crippen molar-refractivity contribution in [3.05, 3.63) is 59.0 Å². The van der Waals surface area contributed by atoms with Gasteiger partial charge in [0.25, 0.3) is 0 Å². The highest BCUT2D eigenvalue weighted by Gasteiger charge is 2.20. The van der Waals surface area contributed by atoms with E-state index in [1.54, 1.807) is 11.9 Å². The average Bonchev–Trinajstić information content (AvgIpc) is 2.83. The summed E-state index contributed by atoms with van der Waals surface area (Å²) in [6.07, 6.45) is 0. The Balaban J connectivity index is 2.04. The fraction of sp³-hybridized carbons (Fsp3) is 0.312. The second kappa shape index (κ2) is 5.92. The van der Waals surface area contributed by atoms with Crippen LogP contribution in [0.5, 0.6) is 0 Å². The Morgan fingerprint density at radius 1 is 1.20 bits per heavy atom. The van der Waals surface area contributed by atoms with Crippen LogP contribution < -0.4 is 5.73 Å². The first-order valence-corrected chi connectivity index (χ1v) is 6.60. The average molecular weight is 272 g/mol. The molecule has 0 spiro atoms. The van der Waals surface area contributed by atoms with Crippen molar-refractivity contribution in [2.75, 3.05) is 7.05 Å². The molecule has 0 saturated heterocycles. The summed E-state index contributed by atoms with van der Waals surface area (Å²) in [5.74, 6) is 1.47. The summed E-state index contributed by atoms with van der Waals surface area (Å²) in [6.45, 7) is 4.30. The number of amides is 1. The maximum atomic E-state index is 12.3. The topological polar surface area (TPSA) is 59.5 Å². The number of likely N-dealkylation sites (N-methyl/N-ethyl adjacent to an activating group) is 1. The molecule has 106 valence electrons. The Kier molecular flexibility index (Phi) is 4.25. The van der Waals surface area contributed by atoms with Crippen molar-refractivity contribution >= 4 is 5.91 Å². The fourth-order valence-electron chi connectivity index (χ4n) is 2.04. The number of nitrogens with zero attached hydrogens (tertiary/aromatic N) is 1. The SMILES string of the molecule is Cc1ccc(C(N)C(=O)N(C)Cc2ccc(C)o2)cc1. The van der Waals surface area contributed by atoms with E-state index in [9.17, 15) is 4.79 Å². The van der Waals surface area contributed by atoms with Crippen LogP contribution in [-0.2, 0) is 11.3 Å². The van der Waals surface area contributed by atoms with Crippen LogP contribution in [0.1, 0.15) is 28.7 Å². The molecule has 1 aromatic heterocycles. The number of aryl methyl sites for hydroxylation is 2. The van der Waals surface area contributed by atoms with Gasteiger partial charge in [0.1, 0.15) is 17.6 Å². The number of nitrogens with two attached hydrogens (primary N) is 1. The molecule has 0 aliphatic heterocycles. The molecule has 2 N–H and O–H groups in total. The molecule has 0 saturated carbocycles. The van der Waals surface area contributed by atoms with Gasteiger partial charge in [-0.3, -0.25) is 4.79 Å². The predicted octanol–water partition coefficient (Wildman–Crippen LogP) is 2.55. The second-order valence-corrected chi connectivity index (χ2v) is 5.10. The maximum absolute atomic E-state index is 12.3. The van der Waals surface area contributed by atoms with Gasteiger partial charge in [-0.25, -0.2) is 0 Å². The number of hydrogen-bond acceptors (Lipinski definition) is 3. The molecule has 0 radical (unpaired) electrons. The molecule has 4 heteroatoms. The van der Waals surface area contributed by atoms with E-state index in [2.05, 4.69) is 0 Å². The van der Waals surface area contributed by atoms with Gasteiger partial charge in [-0.1, -0.05) is 29.8 Å². The number of benzene rings is 1.